The van der Waals surface area contributed by atoms with Gasteiger partial charge in [0.25, 0.3) is 5.91 Å². The van der Waals surface area contributed by atoms with Gasteiger partial charge in [0, 0.05) is 35.4 Å². The number of nitrogens with zero attached hydrogens (tertiary/aromatic N) is 4. The molecule has 130 valence electrons. The minimum atomic E-state index is -0.141. The number of benzene rings is 1. The van der Waals surface area contributed by atoms with Gasteiger partial charge in [-0.2, -0.15) is 16.4 Å². The average molecular weight is 362 g/mol. The van der Waals surface area contributed by atoms with E-state index in [4.69, 9.17) is 0 Å². The first-order valence-electron chi connectivity index (χ1n) is 8.27. The molecule has 0 aliphatic rings. The highest BCUT2D eigenvalue weighted by Gasteiger charge is 2.18. The van der Waals surface area contributed by atoms with Crippen molar-refractivity contribution in [3.05, 3.63) is 70.2 Å². The zero-order valence-electron chi connectivity index (χ0n) is 14.8. The number of amides is 1. The Labute approximate surface area is 155 Å². The SMILES string of the molecule is Cc1ccc(N(C)C(=O)c2cc(C)n3nc(-c4ccsc4)cc3n2)cc1. The third kappa shape index (κ3) is 2.88. The van der Waals surface area contributed by atoms with Gasteiger partial charge < -0.3 is 4.90 Å². The van der Waals surface area contributed by atoms with Gasteiger partial charge in [0.15, 0.2) is 5.65 Å². The molecule has 0 aliphatic heterocycles. The Kier molecular flexibility index (Phi) is 4.05. The first-order chi connectivity index (χ1) is 12.5. The zero-order valence-corrected chi connectivity index (χ0v) is 15.6. The van der Waals surface area contributed by atoms with Crippen LogP contribution in [0.25, 0.3) is 16.9 Å². The standard InChI is InChI=1S/C20H18N4OS/c1-13-4-6-16(7-5-13)23(3)20(25)18-10-14(2)24-19(21-18)11-17(22-24)15-8-9-26-12-15/h4-12H,1-3H3. The van der Waals surface area contributed by atoms with Crippen molar-refractivity contribution in [2.24, 2.45) is 0 Å². The summed E-state index contributed by atoms with van der Waals surface area (Å²) in [6.07, 6.45) is 0. The molecular formula is C20H18N4OS. The molecule has 0 aliphatic carbocycles. The minimum absolute atomic E-state index is 0.141. The lowest BCUT2D eigenvalue weighted by atomic mass is 10.2. The number of fused-ring (bicyclic) bond motifs is 1. The topological polar surface area (TPSA) is 50.5 Å². The van der Waals surface area contributed by atoms with E-state index in [9.17, 15) is 4.79 Å². The second-order valence-corrected chi connectivity index (χ2v) is 7.07. The number of anilines is 1. The number of rotatable bonds is 3. The molecule has 0 radical (unpaired) electrons. The molecule has 0 unspecified atom stereocenters. The number of hydrogen-bond acceptors (Lipinski definition) is 4. The highest BCUT2D eigenvalue weighted by Crippen LogP contribution is 2.23. The summed E-state index contributed by atoms with van der Waals surface area (Å²) in [6.45, 7) is 3.96. The van der Waals surface area contributed by atoms with E-state index in [1.807, 2.05) is 61.0 Å². The Balaban J connectivity index is 1.72. The number of thiophene rings is 1. The fraction of sp³-hybridized carbons (Fsp3) is 0.150. The Morgan fingerprint density at radius 3 is 2.58 bits per heavy atom. The van der Waals surface area contributed by atoms with Gasteiger partial charge in [-0.15, -0.1) is 0 Å². The molecule has 5 nitrogen and oxygen atoms in total. The van der Waals surface area contributed by atoms with Gasteiger partial charge in [-0.3, -0.25) is 4.79 Å². The van der Waals surface area contributed by atoms with Crippen molar-refractivity contribution in [2.45, 2.75) is 13.8 Å². The molecule has 4 aromatic rings. The molecule has 0 N–H and O–H groups in total. The summed E-state index contributed by atoms with van der Waals surface area (Å²) in [7, 11) is 1.77. The van der Waals surface area contributed by atoms with Crippen LogP contribution in [0, 0.1) is 13.8 Å². The molecule has 3 aromatic heterocycles. The maximum absolute atomic E-state index is 12.9. The maximum Gasteiger partial charge on any atom is 0.276 e. The highest BCUT2D eigenvalue weighted by molar-refractivity contribution is 7.08. The van der Waals surface area contributed by atoms with Crippen LogP contribution in [0.2, 0.25) is 0 Å². The van der Waals surface area contributed by atoms with E-state index in [2.05, 4.69) is 10.1 Å². The van der Waals surface area contributed by atoms with Crippen LogP contribution < -0.4 is 4.90 Å². The van der Waals surface area contributed by atoms with Crippen molar-refractivity contribution in [2.75, 3.05) is 11.9 Å². The van der Waals surface area contributed by atoms with E-state index < -0.39 is 0 Å². The molecule has 0 atom stereocenters. The monoisotopic (exact) mass is 362 g/mol. The van der Waals surface area contributed by atoms with E-state index >= 15 is 0 Å². The molecule has 0 saturated carbocycles. The minimum Gasteiger partial charge on any atom is -0.310 e. The fourth-order valence-electron chi connectivity index (χ4n) is 2.84. The van der Waals surface area contributed by atoms with E-state index in [-0.39, 0.29) is 5.91 Å². The molecule has 1 aromatic carbocycles. The normalized spacial score (nSPS) is 11.0. The summed E-state index contributed by atoms with van der Waals surface area (Å²) >= 11 is 1.63. The summed E-state index contributed by atoms with van der Waals surface area (Å²) in [5.41, 5.74) is 5.87. The van der Waals surface area contributed by atoms with Crippen LogP contribution in [0.15, 0.2) is 53.2 Å². The quantitative estimate of drug-likeness (QED) is 0.544. The predicted molar refractivity (Wildman–Crippen MR) is 105 cm³/mol. The van der Waals surface area contributed by atoms with Gasteiger partial charge in [0.1, 0.15) is 5.69 Å². The summed E-state index contributed by atoms with van der Waals surface area (Å²) < 4.78 is 1.77. The van der Waals surface area contributed by atoms with Crippen molar-refractivity contribution < 1.29 is 4.79 Å². The summed E-state index contributed by atoms with van der Waals surface area (Å²) in [5, 5.41) is 8.67. The number of aromatic nitrogens is 3. The maximum atomic E-state index is 12.9. The lowest BCUT2D eigenvalue weighted by molar-refractivity contribution is 0.0988. The van der Waals surface area contributed by atoms with Crippen molar-refractivity contribution >= 4 is 28.6 Å². The summed E-state index contributed by atoms with van der Waals surface area (Å²) in [5.74, 6) is -0.141. The molecule has 1 amide bonds. The fourth-order valence-corrected chi connectivity index (χ4v) is 3.49. The van der Waals surface area contributed by atoms with Crippen LogP contribution in [-0.4, -0.2) is 27.6 Å². The van der Waals surface area contributed by atoms with Crippen LogP contribution in [0.1, 0.15) is 21.7 Å². The Morgan fingerprint density at radius 1 is 1.12 bits per heavy atom. The number of carbonyl (C=O) groups is 1. The van der Waals surface area contributed by atoms with Crippen LogP contribution in [-0.2, 0) is 0 Å². The smallest absolute Gasteiger partial charge is 0.276 e. The van der Waals surface area contributed by atoms with E-state index in [0.717, 1.165) is 28.2 Å². The van der Waals surface area contributed by atoms with Crippen LogP contribution in [0.4, 0.5) is 5.69 Å². The van der Waals surface area contributed by atoms with Crippen molar-refractivity contribution in [3.8, 4) is 11.3 Å². The van der Waals surface area contributed by atoms with Gasteiger partial charge in [0.2, 0.25) is 0 Å². The highest BCUT2D eigenvalue weighted by atomic mass is 32.1. The Bertz CT molecular complexity index is 1080. The zero-order chi connectivity index (χ0) is 18.3. The molecular weight excluding hydrogens is 344 g/mol. The number of hydrogen-bond donors (Lipinski definition) is 0. The van der Waals surface area contributed by atoms with Gasteiger partial charge in [0.05, 0.1) is 5.69 Å². The molecule has 0 fully saturated rings. The molecule has 4 rings (SSSR count). The molecule has 0 bridgehead atoms. The van der Waals surface area contributed by atoms with Crippen molar-refractivity contribution in [1.29, 1.82) is 0 Å². The van der Waals surface area contributed by atoms with Gasteiger partial charge in [-0.25, -0.2) is 9.50 Å². The summed E-state index contributed by atoms with van der Waals surface area (Å²) in [4.78, 5) is 19.1. The van der Waals surface area contributed by atoms with Crippen molar-refractivity contribution in [1.82, 2.24) is 14.6 Å². The second-order valence-electron chi connectivity index (χ2n) is 6.29. The third-order valence-corrected chi connectivity index (χ3v) is 5.05. The average Bonchev–Trinajstić information content (AvgIpc) is 3.30. The lowest BCUT2D eigenvalue weighted by Gasteiger charge is -2.17. The van der Waals surface area contributed by atoms with Crippen LogP contribution in [0.5, 0.6) is 0 Å². The Morgan fingerprint density at radius 2 is 1.88 bits per heavy atom. The number of aryl methyl sites for hydroxylation is 2. The predicted octanol–water partition coefficient (Wildman–Crippen LogP) is 4.35. The van der Waals surface area contributed by atoms with Crippen LogP contribution >= 0.6 is 11.3 Å². The van der Waals surface area contributed by atoms with Gasteiger partial charge >= 0.3 is 0 Å². The first-order valence-corrected chi connectivity index (χ1v) is 9.22. The lowest BCUT2D eigenvalue weighted by Crippen LogP contribution is -2.27. The second kappa shape index (κ2) is 6.38. The van der Waals surface area contributed by atoms with E-state index in [0.29, 0.717) is 11.3 Å². The number of carbonyl (C=O) groups excluding carboxylic acids is 1. The van der Waals surface area contributed by atoms with Gasteiger partial charge in [-0.1, -0.05) is 17.7 Å². The molecule has 0 saturated heterocycles. The molecule has 3 heterocycles. The van der Waals surface area contributed by atoms with E-state index in [1.54, 1.807) is 33.9 Å². The Hall–Kier alpha value is -2.99. The van der Waals surface area contributed by atoms with E-state index in [1.165, 1.54) is 0 Å². The third-order valence-electron chi connectivity index (χ3n) is 4.37. The molecule has 26 heavy (non-hydrogen) atoms. The molecule has 0 spiro atoms. The first kappa shape index (κ1) is 16.5. The summed E-state index contributed by atoms with van der Waals surface area (Å²) in [6, 6.07) is 13.6. The van der Waals surface area contributed by atoms with Crippen LogP contribution in [0.3, 0.4) is 0 Å². The van der Waals surface area contributed by atoms with Gasteiger partial charge in [-0.05, 0) is 43.5 Å². The largest absolute Gasteiger partial charge is 0.310 e. The van der Waals surface area contributed by atoms with Crippen molar-refractivity contribution in [3.63, 3.8) is 0 Å². The molecule has 6 heteroatoms.